The normalized spacial score (nSPS) is 10.7. The maximum Gasteiger partial charge on any atom is 0.174 e. The first-order valence-electron chi connectivity index (χ1n) is 4.79. The summed E-state index contributed by atoms with van der Waals surface area (Å²) in [7, 11) is 1.87. The van der Waals surface area contributed by atoms with E-state index in [1.54, 1.807) is 12.4 Å². The van der Waals surface area contributed by atoms with Gasteiger partial charge in [0.15, 0.2) is 5.16 Å². The van der Waals surface area contributed by atoms with E-state index in [0.29, 0.717) is 0 Å². The zero-order chi connectivity index (χ0) is 11.5. The molecule has 6 heteroatoms. The zero-order valence-electron chi connectivity index (χ0n) is 9.08. The smallest absolute Gasteiger partial charge is 0.174 e. The molecule has 0 aliphatic carbocycles. The predicted molar refractivity (Wildman–Crippen MR) is 60.0 cm³/mol. The van der Waals surface area contributed by atoms with Gasteiger partial charge in [0.05, 0.1) is 18.5 Å². The number of aryl methyl sites for hydroxylation is 1. The van der Waals surface area contributed by atoms with Crippen LogP contribution in [0.3, 0.4) is 0 Å². The summed E-state index contributed by atoms with van der Waals surface area (Å²) in [4.78, 5) is 12.5. The van der Waals surface area contributed by atoms with Gasteiger partial charge < -0.3 is 9.67 Å². The van der Waals surface area contributed by atoms with E-state index in [9.17, 15) is 0 Å². The quantitative estimate of drug-likeness (QED) is 0.810. The standard InChI is InChI=1S/C10H12N4OS/c1-7-11-4-3-9(13-7)16-10-12-5-8(6-15)14(10)2/h3-5,15H,6H2,1-2H3. The Morgan fingerprint density at radius 1 is 1.44 bits per heavy atom. The topological polar surface area (TPSA) is 63.8 Å². The molecule has 0 amide bonds. The number of hydrogen-bond acceptors (Lipinski definition) is 5. The fourth-order valence-electron chi connectivity index (χ4n) is 1.25. The second-order valence-electron chi connectivity index (χ2n) is 3.29. The summed E-state index contributed by atoms with van der Waals surface area (Å²) >= 11 is 1.45. The van der Waals surface area contributed by atoms with Crippen molar-refractivity contribution in [3.05, 3.63) is 30.0 Å². The van der Waals surface area contributed by atoms with Gasteiger partial charge in [0.25, 0.3) is 0 Å². The van der Waals surface area contributed by atoms with Crippen LogP contribution in [0.1, 0.15) is 11.5 Å². The molecule has 2 aromatic rings. The summed E-state index contributed by atoms with van der Waals surface area (Å²) in [6.45, 7) is 1.84. The SMILES string of the molecule is Cc1nccc(Sc2ncc(CO)n2C)n1. The molecule has 2 heterocycles. The summed E-state index contributed by atoms with van der Waals surface area (Å²) < 4.78 is 1.85. The van der Waals surface area contributed by atoms with Crippen LogP contribution in [0.15, 0.2) is 28.6 Å². The fraction of sp³-hybridized carbons (Fsp3) is 0.300. The maximum absolute atomic E-state index is 9.05. The molecule has 1 N–H and O–H groups in total. The Morgan fingerprint density at radius 3 is 2.88 bits per heavy atom. The molecule has 0 aromatic carbocycles. The molecule has 2 aromatic heterocycles. The Hall–Kier alpha value is -1.40. The van der Waals surface area contributed by atoms with E-state index in [1.165, 1.54) is 11.8 Å². The highest BCUT2D eigenvalue weighted by atomic mass is 32.2. The van der Waals surface area contributed by atoms with Crippen molar-refractivity contribution in [2.75, 3.05) is 0 Å². The molecule has 0 saturated heterocycles. The third kappa shape index (κ3) is 2.23. The van der Waals surface area contributed by atoms with Crippen LogP contribution in [0, 0.1) is 6.92 Å². The lowest BCUT2D eigenvalue weighted by Crippen LogP contribution is -1.97. The monoisotopic (exact) mass is 236 g/mol. The van der Waals surface area contributed by atoms with Gasteiger partial charge in [-0.3, -0.25) is 0 Å². The maximum atomic E-state index is 9.05. The van der Waals surface area contributed by atoms with Gasteiger partial charge in [0, 0.05) is 13.2 Å². The predicted octanol–water partition coefficient (Wildman–Crippen LogP) is 1.16. The van der Waals surface area contributed by atoms with Crippen LogP contribution in [0.2, 0.25) is 0 Å². The number of nitrogens with zero attached hydrogens (tertiary/aromatic N) is 4. The minimum atomic E-state index is -0.00708. The molecule has 0 radical (unpaired) electrons. The summed E-state index contributed by atoms with van der Waals surface area (Å²) in [5, 5.41) is 10.7. The molecule has 0 aliphatic rings. The largest absolute Gasteiger partial charge is 0.390 e. The van der Waals surface area contributed by atoms with Gasteiger partial charge in [-0.15, -0.1) is 0 Å². The van der Waals surface area contributed by atoms with E-state index in [1.807, 2.05) is 24.6 Å². The molecular weight excluding hydrogens is 224 g/mol. The second kappa shape index (κ2) is 4.63. The average molecular weight is 236 g/mol. The highest BCUT2D eigenvalue weighted by molar-refractivity contribution is 7.99. The second-order valence-corrected chi connectivity index (χ2v) is 4.28. The van der Waals surface area contributed by atoms with Crippen molar-refractivity contribution < 1.29 is 5.11 Å². The van der Waals surface area contributed by atoms with Crippen LogP contribution in [-0.4, -0.2) is 24.6 Å². The zero-order valence-corrected chi connectivity index (χ0v) is 9.90. The Kier molecular flexibility index (Phi) is 3.21. The van der Waals surface area contributed by atoms with E-state index in [0.717, 1.165) is 21.7 Å². The van der Waals surface area contributed by atoms with Gasteiger partial charge in [0.1, 0.15) is 10.9 Å². The third-order valence-corrected chi connectivity index (χ3v) is 3.15. The summed E-state index contributed by atoms with van der Waals surface area (Å²) in [6, 6.07) is 1.84. The van der Waals surface area contributed by atoms with Crippen LogP contribution in [-0.2, 0) is 13.7 Å². The number of aliphatic hydroxyl groups excluding tert-OH is 1. The van der Waals surface area contributed by atoms with Crippen LogP contribution in [0.4, 0.5) is 0 Å². The van der Waals surface area contributed by atoms with Gasteiger partial charge in [0.2, 0.25) is 0 Å². The van der Waals surface area contributed by atoms with Gasteiger partial charge >= 0.3 is 0 Å². The van der Waals surface area contributed by atoms with Crippen molar-refractivity contribution in [2.24, 2.45) is 7.05 Å². The first kappa shape index (κ1) is 11.1. The lowest BCUT2D eigenvalue weighted by molar-refractivity contribution is 0.271. The van der Waals surface area contributed by atoms with Crippen molar-refractivity contribution in [3.63, 3.8) is 0 Å². The van der Waals surface area contributed by atoms with Crippen LogP contribution >= 0.6 is 11.8 Å². The lowest BCUT2D eigenvalue weighted by Gasteiger charge is -2.03. The molecule has 0 bridgehead atoms. The Morgan fingerprint density at radius 2 is 2.25 bits per heavy atom. The number of imidazole rings is 1. The summed E-state index contributed by atoms with van der Waals surface area (Å²) in [6.07, 6.45) is 3.39. The molecule has 2 rings (SSSR count). The molecule has 0 spiro atoms. The molecule has 0 unspecified atom stereocenters. The van der Waals surface area contributed by atoms with Crippen molar-refractivity contribution in [1.29, 1.82) is 0 Å². The first-order chi connectivity index (χ1) is 7.70. The first-order valence-corrected chi connectivity index (χ1v) is 5.61. The fourth-order valence-corrected chi connectivity index (χ4v) is 2.11. The van der Waals surface area contributed by atoms with Gasteiger partial charge in [-0.05, 0) is 24.8 Å². The molecule has 0 fully saturated rings. The van der Waals surface area contributed by atoms with Crippen LogP contribution in [0.25, 0.3) is 0 Å². The highest BCUT2D eigenvalue weighted by Gasteiger charge is 2.08. The van der Waals surface area contributed by atoms with Gasteiger partial charge in [-0.1, -0.05) is 0 Å². The number of rotatable bonds is 3. The molecule has 16 heavy (non-hydrogen) atoms. The third-order valence-electron chi connectivity index (χ3n) is 2.15. The molecular formula is C10H12N4OS. The van der Waals surface area contributed by atoms with Crippen molar-refractivity contribution in [3.8, 4) is 0 Å². The van der Waals surface area contributed by atoms with E-state index in [4.69, 9.17) is 5.11 Å². The van der Waals surface area contributed by atoms with Crippen LogP contribution in [0.5, 0.6) is 0 Å². The van der Waals surface area contributed by atoms with Crippen molar-refractivity contribution in [1.82, 2.24) is 19.5 Å². The summed E-state index contributed by atoms with van der Waals surface area (Å²) in [5.74, 6) is 0.738. The number of aromatic nitrogens is 4. The van der Waals surface area contributed by atoms with E-state index >= 15 is 0 Å². The molecule has 0 atom stereocenters. The van der Waals surface area contributed by atoms with Crippen LogP contribution < -0.4 is 0 Å². The molecule has 0 saturated carbocycles. The minimum Gasteiger partial charge on any atom is -0.390 e. The minimum absolute atomic E-state index is 0.00708. The Balaban J connectivity index is 2.24. The van der Waals surface area contributed by atoms with Crippen molar-refractivity contribution in [2.45, 2.75) is 23.7 Å². The molecule has 84 valence electrons. The molecule has 0 aliphatic heterocycles. The Labute approximate surface area is 97.6 Å². The lowest BCUT2D eigenvalue weighted by atomic mass is 10.5. The average Bonchev–Trinajstić information content (AvgIpc) is 2.60. The highest BCUT2D eigenvalue weighted by Crippen LogP contribution is 2.24. The van der Waals surface area contributed by atoms with Gasteiger partial charge in [-0.2, -0.15) is 0 Å². The van der Waals surface area contributed by atoms with Gasteiger partial charge in [-0.25, -0.2) is 15.0 Å². The summed E-state index contributed by atoms with van der Waals surface area (Å²) in [5.41, 5.74) is 0.785. The van der Waals surface area contributed by atoms with E-state index < -0.39 is 0 Å². The Bertz CT molecular complexity index is 497. The number of aliphatic hydroxyl groups is 1. The number of hydrogen-bond donors (Lipinski definition) is 1. The van der Waals surface area contributed by atoms with E-state index in [2.05, 4.69) is 15.0 Å². The van der Waals surface area contributed by atoms with E-state index in [-0.39, 0.29) is 6.61 Å². The molecule has 5 nitrogen and oxygen atoms in total. The van der Waals surface area contributed by atoms with Crippen molar-refractivity contribution >= 4 is 11.8 Å².